The zero-order valence-electron chi connectivity index (χ0n) is 17.4. The topological polar surface area (TPSA) is 60.2 Å². The third-order valence-electron chi connectivity index (χ3n) is 5.34. The highest BCUT2D eigenvalue weighted by molar-refractivity contribution is 7.99. The van der Waals surface area contributed by atoms with Crippen LogP contribution in [0.2, 0.25) is 0 Å². The van der Waals surface area contributed by atoms with Crippen molar-refractivity contribution in [3.8, 4) is 5.69 Å². The lowest BCUT2D eigenvalue weighted by molar-refractivity contribution is -0.132. The first-order valence-corrected chi connectivity index (χ1v) is 11.1. The number of aromatic nitrogens is 3. The van der Waals surface area contributed by atoms with Gasteiger partial charge in [0, 0.05) is 25.2 Å². The lowest BCUT2D eigenvalue weighted by atomic mass is 10.1. The van der Waals surface area contributed by atoms with E-state index in [9.17, 15) is 4.79 Å². The number of rotatable bonds is 6. The monoisotopic (exact) mass is 422 g/mol. The molecule has 7 heteroatoms. The van der Waals surface area contributed by atoms with Crippen molar-refractivity contribution in [1.29, 1.82) is 0 Å². The first-order chi connectivity index (χ1) is 14.6. The fourth-order valence-corrected chi connectivity index (χ4v) is 4.31. The van der Waals surface area contributed by atoms with Gasteiger partial charge in [0.05, 0.1) is 19.0 Å². The summed E-state index contributed by atoms with van der Waals surface area (Å²) in [7, 11) is 0. The summed E-state index contributed by atoms with van der Waals surface area (Å²) in [5, 5.41) is 9.66. The number of hydrogen-bond acceptors (Lipinski definition) is 5. The molecule has 1 aliphatic rings. The number of hydrogen-bond donors (Lipinski definition) is 0. The number of morpholine rings is 1. The largest absolute Gasteiger partial charge is 0.378 e. The molecule has 0 atom stereocenters. The quantitative estimate of drug-likeness (QED) is 0.570. The summed E-state index contributed by atoms with van der Waals surface area (Å²) >= 11 is 1.44. The normalized spacial score (nSPS) is 14.1. The smallest absolute Gasteiger partial charge is 0.233 e. The van der Waals surface area contributed by atoms with Crippen molar-refractivity contribution >= 4 is 17.7 Å². The van der Waals surface area contributed by atoms with E-state index in [0.29, 0.717) is 38.5 Å². The van der Waals surface area contributed by atoms with Crippen LogP contribution in [0.4, 0.5) is 0 Å². The summed E-state index contributed by atoms with van der Waals surface area (Å²) < 4.78 is 7.42. The molecule has 0 unspecified atom stereocenters. The molecule has 0 spiro atoms. The van der Waals surface area contributed by atoms with E-state index in [4.69, 9.17) is 4.74 Å². The van der Waals surface area contributed by atoms with E-state index in [1.165, 1.54) is 28.5 Å². The van der Waals surface area contributed by atoms with Crippen LogP contribution < -0.4 is 0 Å². The Labute approximate surface area is 181 Å². The second-order valence-electron chi connectivity index (χ2n) is 7.45. The lowest BCUT2D eigenvalue weighted by Gasteiger charge is -2.26. The van der Waals surface area contributed by atoms with E-state index >= 15 is 0 Å². The first-order valence-electron chi connectivity index (χ1n) is 10.2. The van der Waals surface area contributed by atoms with Crippen LogP contribution in [-0.2, 0) is 16.0 Å². The van der Waals surface area contributed by atoms with E-state index in [2.05, 4.69) is 58.9 Å². The summed E-state index contributed by atoms with van der Waals surface area (Å²) in [4.78, 5) is 14.5. The molecular formula is C23H26N4O2S. The minimum absolute atomic E-state index is 0.113. The minimum Gasteiger partial charge on any atom is -0.378 e. The van der Waals surface area contributed by atoms with Gasteiger partial charge in [-0.2, -0.15) is 0 Å². The summed E-state index contributed by atoms with van der Waals surface area (Å²) in [6.45, 7) is 6.74. The maximum atomic E-state index is 12.6. The van der Waals surface area contributed by atoms with Crippen LogP contribution in [0, 0.1) is 13.8 Å². The van der Waals surface area contributed by atoms with E-state index in [1.807, 2.05) is 23.1 Å². The number of benzene rings is 2. The number of carbonyl (C=O) groups excluding carboxylic acids is 1. The SMILES string of the molecule is Cc1ccc(-n2c(Cc3ccccc3)nnc2SCC(=O)N2CCOCC2)cc1C. The van der Waals surface area contributed by atoms with Crippen LogP contribution in [0.3, 0.4) is 0 Å². The predicted molar refractivity (Wildman–Crippen MR) is 118 cm³/mol. The van der Waals surface area contributed by atoms with Gasteiger partial charge in [0.2, 0.25) is 5.91 Å². The number of carbonyl (C=O) groups is 1. The molecule has 0 bridgehead atoms. The molecule has 6 nitrogen and oxygen atoms in total. The Bertz CT molecular complexity index is 1010. The molecule has 1 fully saturated rings. The van der Waals surface area contributed by atoms with Gasteiger partial charge in [0.15, 0.2) is 5.16 Å². The fraction of sp³-hybridized carbons (Fsp3) is 0.348. The van der Waals surface area contributed by atoms with Gasteiger partial charge in [0.1, 0.15) is 5.82 Å². The van der Waals surface area contributed by atoms with Crippen LogP contribution in [0.1, 0.15) is 22.5 Å². The number of ether oxygens (including phenoxy) is 1. The molecule has 1 aromatic heterocycles. The third kappa shape index (κ3) is 4.74. The Balaban J connectivity index is 1.60. The first kappa shape index (κ1) is 20.6. The molecule has 1 amide bonds. The Kier molecular flexibility index (Phi) is 6.50. The number of nitrogens with zero attached hydrogens (tertiary/aromatic N) is 4. The fourth-order valence-electron chi connectivity index (χ4n) is 3.44. The third-order valence-corrected chi connectivity index (χ3v) is 6.26. The van der Waals surface area contributed by atoms with Gasteiger partial charge in [-0.1, -0.05) is 48.2 Å². The van der Waals surface area contributed by atoms with Crippen LogP contribution in [0.15, 0.2) is 53.7 Å². The van der Waals surface area contributed by atoms with Gasteiger partial charge >= 0.3 is 0 Å². The molecule has 156 valence electrons. The molecule has 0 aliphatic carbocycles. The molecule has 4 rings (SSSR count). The van der Waals surface area contributed by atoms with Crippen molar-refractivity contribution in [2.75, 3.05) is 32.1 Å². The van der Waals surface area contributed by atoms with E-state index in [-0.39, 0.29) is 5.91 Å². The van der Waals surface area contributed by atoms with Crippen molar-refractivity contribution in [3.63, 3.8) is 0 Å². The minimum atomic E-state index is 0.113. The molecule has 2 aromatic carbocycles. The van der Waals surface area contributed by atoms with Crippen LogP contribution in [0.5, 0.6) is 0 Å². The summed E-state index contributed by atoms with van der Waals surface area (Å²) in [6.07, 6.45) is 0.679. The van der Waals surface area contributed by atoms with Crippen LogP contribution in [-0.4, -0.2) is 57.6 Å². The van der Waals surface area contributed by atoms with Crippen molar-refractivity contribution < 1.29 is 9.53 Å². The Morgan fingerprint density at radius 2 is 1.80 bits per heavy atom. The van der Waals surface area contributed by atoms with Crippen molar-refractivity contribution in [1.82, 2.24) is 19.7 Å². The van der Waals surface area contributed by atoms with Gasteiger partial charge in [-0.05, 0) is 42.7 Å². The highest BCUT2D eigenvalue weighted by Gasteiger charge is 2.20. The standard InChI is InChI=1S/C23H26N4O2S/c1-17-8-9-20(14-18(17)2)27-21(15-19-6-4-3-5-7-19)24-25-23(27)30-16-22(28)26-10-12-29-13-11-26/h3-9,14H,10-13,15-16H2,1-2H3. The van der Waals surface area contributed by atoms with Crippen molar-refractivity contribution in [2.45, 2.75) is 25.4 Å². The van der Waals surface area contributed by atoms with Crippen LogP contribution >= 0.6 is 11.8 Å². The molecule has 2 heterocycles. The van der Waals surface area contributed by atoms with Gasteiger partial charge in [-0.25, -0.2) is 0 Å². The number of aryl methyl sites for hydroxylation is 2. The van der Waals surface area contributed by atoms with E-state index in [0.717, 1.165) is 16.7 Å². The molecular weight excluding hydrogens is 396 g/mol. The van der Waals surface area contributed by atoms with Gasteiger partial charge in [-0.15, -0.1) is 10.2 Å². The molecule has 0 N–H and O–H groups in total. The molecule has 0 saturated carbocycles. The van der Waals surface area contributed by atoms with Crippen molar-refractivity contribution in [3.05, 3.63) is 71.0 Å². The molecule has 30 heavy (non-hydrogen) atoms. The van der Waals surface area contributed by atoms with Crippen LogP contribution in [0.25, 0.3) is 5.69 Å². The lowest BCUT2D eigenvalue weighted by Crippen LogP contribution is -2.41. The zero-order chi connectivity index (χ0) is 20.9. The maximum absolute atomic E-state index is 12.6. The summed E-state index contributed by atoms with van der Waals surface area (Å²) in [5.74, 6) is 1.32. The molecule has 3 aromatic rings. The summed E-state index contributed by atoms with van der Waals surface area (Å²) in [5.41, 5.74) is 4.66. The predicted octanol–water partition coefficient (Wildman–Crippen LogP) is 3.43. The van der Waals surface area contributed by atoms with E-state index in [1.54, 1.807) is 0 Å². The average Bonchev–Trinajstić information content (AvgIpc) is 3.17. The van der Waals surface area contributed by atoms with Gasteiger partial charge in [-0.3, -0.25) is 9.36 Å². The second-order valence-corrected chi connectivity index (χ2v) is 8.39. The molecule has 0 radical (unpaired) electrons. The van der Waals surface area contributed by atoms with E-state index < -0.39 is 0 Å². The van der Waals surface area contributed by atoms with Gasteiger partial charge < -0.3 is 9.64 Å². The molecule has 1 saturated heterocycles. The maximum Gasteiger partial charge on any atom is 0.233 e. The second kappa shape index (κ2) is 9.45. The summed E-state index contributed by atoms with van der Waals surface area (Å²) in [6, 6.07) is 16.6. The van der Waals surface area contributed by atoms with Gasteiger partial charge in [0.25, 0.3) is 0 Å². The molecule has 1 aliphatic heterocycles. The highest BCUT2D eigenvalue weighted by atomic mass is 32.2. The zero-order valence-corrected chi connectivity index (χ0v) is 18.2. The Hall–Kier alpha value is -2.64. The average molecular weight is 423 g/mol. The van der Waals surface area contributed by atoms with Crippen molar-refractivity contribution in [2.24, 2.45) is 0 Å². The Morgan fingerprint density at radius 1 is 1.03 bits per heavy atom. The number of amides is 1. The Morgan fingerprint density at radius 3 is 2.53 bits per heavy atom. The highest BCUT2D eigenvalue weighted by Crippen LogP contribution is 2.25. The number of thioether (sulfide) groups is 1.